The van der Waals surface area contributed by atoms with Gasteiger partial charge in [0.05, 0.1) is 12.7 Å². The van der Waals surface area contributed by atoms with Gasteiger partial charge in [0.25, 0.3) is 0 Å². The van der Waals surface area contributed by atoms with Gasteiger partial charge < -0.3 is 9.64 Å². The first-order chi connectivity index (χ1) is 15.8. The molecule has 1 heterocycles. The summed E-state index contributed by atoms with van der Waals surface area (Å²) in [6.45, 7) is 11.0. The zero-order chi connectivity index (χ0) is 25.0. The highest BCUT2D eigenvalue weighted by molar-refractivity contribution is 9.10. The number of aryl methyl sites for hydroxylation is 1. The van der Waals surface area contributed by atoms with Crippen molar-refractivity contribution in [2.24, 2.45) is 0 Å². The maximum Gasteiger partial charge on any atom is 0.419 e. The number of hydrogen-bond donors (Lipinski definition) is 0. The van der Waals surface area contributed by atoms with Crippen LogP contribution in [0.3, 0.4) is 0 Å². The third-order valence-electron chi connectivity index (χ3n) is 4.49. The maximum atomic E-state index is 13.1. The smallest absolute Gasteiger partial charge is 0.419 e. The van der Waals surface area contributed by atoms with Crippen LogP contribution in [0, 0.1) is 6.92 Å². The summed E-state index contributed by atoms with van der Waals surface area (Å²) in [6.07, 6.45) is -4.46. The molecule has 3 nitrogen and oxygen atoms in total. The van der Waals surface area contributed by atoms with Crippen molar-refractivity contribution in [3.05, 3.63) is 87.5 Å². The van der Waals surface area contributed by atoms with Gasteiger partial charge in [-0.1, -0.05) is 69.7 Å². The predicted octanol–water partition coefficient (Wildman–Crippen LogP) is 8.44. The second kappa shape index (κ2) is 13.9. The Morgan fingerprint density at radius 1 is 0.818 bits per heavy atom. The molecule has 0 saturated carbocycles. The molecule has 180 valence electrons. The van der Waals surface area contributed by atoms with E-state index in [2.05, 4.69) is 20.9 Å². The van der Waals surface area contributed by atoms with Gasteiger partial charge in [-0.05, 0) is 58.2 Å². The van der Waals surface area contributed by atoms with E-state index in [9.17, 15) is 13.2 Å². The molecule has 0 amide bonds. The summed E-state index contributed by atoms with van der Waals surface area (Å²) >= 11 is 2.98. The van der Waals surface area contributed by atoms with Gasteiger partial charge in [0.2, 0.25) is 0 Å². The van der Waals surface area contributed by atoms with Crippen LogP contribution in [0.25, 0.3) is 0 Å². The second-order valence-electron chi connectivity index (χ2n) is 6.70. The Labute approximate surface area is 203 Å². The van der Waals surface area contributed by atoms with Crippen molar-refractivity contribution in [1.29, 1.82) is 0 Å². The van der Waals surface area contributed by atoms with Gasteiger partial charge in [-0.25, -0.2) is 4.98 Å². The topological polar surface area (TPSA) is 25.4 Å². The molecule has 3 aromatic rings. The third-order valence-corrected chi connectivity index (χ3v) is 5.09. The first-order valence-electron chi connectivity index (χ1n) is 10.9. The van der Waals surface area contributed by atoms with E-state index < -0.39 is 11.7 Å². The molecule has 0 radical (unpaired) electrons. The summed E-state index contributed by atoms with van der Waals surface area (Å²) in [5.74, 6) is 1.20. The summed E-state index contributed by atoms with van der Waals surface area (Å²) < 4.78 is 44.2. The highest BCUT2D eigenvalue weighted by atomic mass is 79.9. The summed E-state index contributed by atoms with van der Waals surface area (Å²) in [5, 5.41) is 0. The number of pyridine rings is 1. The Morgan fingerprint density at radius 3 is 1.73 bits per heavy atom. The fraction of sp³-hybridized carbons (Fsp3) is 0.346. The minimum atomic E-state index is -4.46. The number of ether oxygens (including phenoxy) is 1. The first-order valence-corrected chi connectivity index (χ1v) is 11.7. The zero-order valence-electron chi connectivity index (χ0n) is 20.0. The molecule has 0 aliphatic carbocycles. The number of alkyl halides is 3. The average Bonchev–Trinajstić information content (AvgIpc) is 2.82. The summed E-state index contributed by atoms with van der Waals surface area (Å²) in [6, 6.07) is 18.1. The minimum Gasteiger partial charge on any atom is -0.497 e. The van der Waals surface area contributed by atoms with E-state index >= 15 is 0 Å². The number of hydrogen-bond acceptors (Lipinski definition) is 3. The molecular formula is C26H32BrF3N2O. The van der Waals surface area contributed by atoms with E-state index in [1.165, 1.54) is 6.07 Å². The zero-order valence-corrected chi connectivity index (χ0v) is 21.6. The van der Waals surface area contributed by atoms with Gasteiger partial charge in [0, 0.05) is 13.1 Å². The van der Waals surface area contributed by atoms with Crippen LogP contribution in [-0.4, -0.2) is 12.1 Å². The molecule has 3 rings (SSSR count). The lowest BCUT2D eigenvalue weighted by atomic mass is 10.1. The van der Waals surface area contributed by atoms with Gasteiger partial charge >= 0.3 is 6.18 Å². The van der Waals surface area contributed by atoms with E-state index in [0.29, 0.717) is 18.9 Å². The molecule has 0 aliphatic rings. The first kappa shape index (κ1) is 28.5. The summed E-state index contributed by atoms with van der Waals surface area (Å²) in [5.41, 5.74) is 2.39. The average molecular weight is 525 g/mol. The summed E-state index contributed by atoms with van der Waals surface area (Å²) in [4.78, 5) is 6.12. The molecule has 0 atom stereocenters. The van der Waals surface area contributed by atoms with Gasteiger partial charge in [0.15, 0.2) is 0 Å². The van der Waals surface area contributed by atoms with Crippen molar-refractivity contribution < 1.29 is 17.9 Å². The van der Waals surface area contributed by atoms with Crippen LogP contribution in [0.2, 0.25) is 0 Å². The van der Waals surface area contributed by atoms with Crippen LogP contribution < -0.4 is 9.64 Å². The summed E-state index contributed by atoms with van der Waals surface area (Å²) in [7, 11) is 1.60. The molecule has 0 aliphatic heterocycles. The monoisotopic (exact) mass is 524 g/mol. The Balaban J connectivity index is 0.00000129. The van der Waals surface area contributed by atoms with E-state index in [0.717, 1.165) is 28.5 Å². The van der Waals surface area contributed by atoms with Crippen LogP contribution in [0.15, 0.2) is 65.3 Å². The molecule has 0 fully saturated rings. The minimum absolute atomic E-state index is 0.217. The number of nitrogens with zero attached hydrogens (tertiary/aromatic N) is 2. The van der Waals surface area contributed by atoms with E-state index in [-0.39, 0.29) is 4.60 Å². The van der Waals surface area contributed by atoms with Crippen LogP contribution >= 0.6 is 15.9 Å². The predicted molar refractivity (Wildman–Crippen MR) is 134 cm³/mol. The Hall–Kier alpha value is -2.54. The lowest BCUT2D eigenvalue weighted by Gasteiger charge is -2.25. The molecular weight excluding hydrogens is 493 g/mol. The van der Waals surface area contributed by atoms with Gasteiger partial charge in [-0.15, -0.1) is 0 Å². The van der Waals surface area contributed by atoms with Crippen molar-refractivity contribution in [3.63, 3.8) is 0 Å². The lowest BCUT2D eigenvalue weighted by Crippen LogP contribution is -2.23. The number of benzene rings is 2. The van der Waals surface area contributed by atoms with Crippen molar-refractivity contribution >= 4 is 21.7 Å². The van der Waals surface area contributed by atoms with E-state index in [1.54, 1.807) is 7.11 Å². The van der Waals surface area contributed by atoms with Crippen molar-refractivity contribution in [2.45, 2.75) is 53.9 Å². The van der Waals surface area contributed by atoms with Crippen LogP contribution in [0.5, 0.6) is 5.75 Å². The highest BCUT2D eigenvalue weighted by Crippen LogP contribution is 2.35. The largest absolute Gasteiger partial charge is 0.497 e. The van der Waals surface area contributed by atoms with E-state index in [1.807, 2.05) is 88.0 Å². The SMILES string of the molecule is CC.CC.COc1ccc(CN(Cc2ccc(C)cc2)c2ccc(C(F)(F)F)c(Br)n2)cc1. The van der Waals surface area contributed by atoms with Crippen LogP contribution in [-0.2, 0) is 19.3 Å². The Bertz CT molecular complexity index is 959. The van der Waals surface area contributed by atoms with Gasteiger partial charge in [0.1, 0.15) is 16.2 Å². The molecule has 0 spiro atoms. The molecule has 7 heteroatoms. The fourth-order valence-electron chi connectivity index (χ4n) is 2.90. The van der Waals surface area contributed by atoms with Crippen LogP contribution in [0.1, 0.15) is 49.9 Å². The Kier molecular flexibility index (Phi) is 12.0. The molecule has 33 heavy (non-hydrogen) atoms. The number of rotatable bonds is 6. The number of halogens is 4. The quantitative estimate of drug-likeness (QED) is 0.302. The normalized spacial score (nSPS) is 10.4. The standard InChI is InChI=1S/C22H20BrF3N2O.2C2H6/c1-15-3-5-16(6-4-15)13-28(14-17-7-9-18(29-2)10-8-17)20-12-11-19(21(23)27-20)22(24,25)26;2*1-2/h3-12H,13-14H2,1-2H3;2*1-2H3. The number of methoxy groups -OCH3 is 1. The molecule has 2 aromatic carbocycles. The molecule has 0 unspecified atom stereocenters. The lowest BCUT2D eigenvalue weighted by molar-refractivity contribution is -0.138. The second-order valence-corrected chi connectivity index (χ2v) is 7.45. The number of anilines is 1. The highest BCUT2D eigenvalue weighted by Gasteiger charge is 2.34. The molecule has 1 aromatic heterocycles. The molecule has 0 saturated heterocycles. The van der Waals surface area contributed by atoms with Crippen molar-refractivity contribution in [1.82, 2.24) is 4.98 Å². The van der Waals surface area contributed by atoms with E-state index in [4.69, 9.17) is 4.74 Å². The Morgan fingerprint density at radius 2 is 1.30 bits per heavy atom. The van der Waals surface area contributed by atoms with Gasteiger partial charge in [-0.2, -0.15) is 13.2 Å². The van der Waals surface area contributed by atoms with Crippen molar-refractivity contribution in [2.75, 3.05) is 12.0 Å². The number of aromatic nitrogens is 1. The van der Waals surface area contributed by atoms with Crippen molar-refractivity contribution in [3.8, 4) is 5.75 Å². The molecule has 0 N–H and O–H groups in total. The van der Waals surface area contributed by atoms with Crippen LogP contribution in [0.4, 0.5) is 19.0 Å². The fourth-order valence-corrected chi connectivity index (χ4v) is 3.43. The third kappa shape index (κ3) is 8.72. The maximum absolute atomic E-state index is 13.1. The molecule has 0 bridgehead atoms. The van der Waals surface area contributed by atoms with Gasteiger partial charge in [-0.3, -0.25) is 0 Å².